The Morgan fingerprint density at radius 1 is 1.16 bits per heavy atom. The third-order valence-corrected chi connectivity index (χ3v) is 8.73. The molecule has 1 saturated heterocycles. The summed E-state index contributed by atoms with van der Waals surface area (Å²) in [5.41, 5.74) is 0.372. The van der Waals surface area contributed by atoms with Gasteiger partial charge in [-0.05, 0) is 44.1 Å². The number of piperazine rings is 1. The highest BCUT2D eigenvalue weighted by Crippen LogP contribution is 2.46. The van der Waals surface area contributed by atoms with Crippen molar-refractivity contribution in [2.75, 3.05) is 31.1 Å². The molecule has 11 heteroatoms. The lowest BCUT2D eigenvalue weighted by Gasteiger charge is -2.41. The summed E-state index contributed by atoms with van der Waals surface area (Å²) >= 11 is 0. The van der Waals surface area contributed by atoms with Gasteiger partial charge in [-0.1, -0.05) is 0 Å². The van der Waals surface area contributed by atoms with Gasteiger partial charge >= 0.3 is 0 Å². The Morgan fingerprint density at radius 3 is 2.68 bits per heavy atom. The second kappa shape index (κ2) is 7.63. The van der Waals surface area contributed by atoms with Gasteiger partial charge < -0.3 is 9.88 Å². The summed E-state index contributed by atoms with van der Waals surface area (Å²) < 4.78 is 57.1. The lowest BCUT2D eigenvalue weighted by molar-refractivity contribution is -0.0463. The van der Waals surface area contributed by atoms with E-state index in [0.717, 1.165) is 29.7 Å². The Balaban J connectivity index is 1.21. The molecule has 2 aromatic rings. The number of rotatable bonds is 6. The number of anilines is 1. The number of fused-ring (bicyclic) bond motifs is 1. The lowest BCUT2D eigenvalue weighted by atomic mass is 9.85. The minimum Gasteiger partial charge on any atom is -0.353 e. The average Bonchev–Trinajstić information content (AvgIpc) is 3.30. The summed E-state index contributed by atoms with van der Waals surface area (Å²) in [6.07, 6.45) is 6.35. The maximum atomic E-state index is 13.3. The van der Waals surface area contributed by atoms with Gasteiger partial charge in [0, 0.05) is 45.2 Å². The van der Waals surface area contributed by atoms with Gasteiger partial charge in [0.15, 0.2) is 0 Å². The molecule has 0 unspecified atom stereocenters. The Kier molecular flexibility index (Phi) is 5.17. The lowest BCUT2D eigenvalue weighted by Crippen LogP contribution is -2.59. The number of alkyl halides is 2. The molecule has 3 heterocycles. The molecule has 1 aliphatic heterocycles. The molecule has 0 radical (unpaired) electrons. The first kappa shape index (κ1) is 21.0. The van der Waals surface area contributed by atoms with E-state index in [0.29, 0.717) is 45.4 Å². The zero-order chi connectivity index (χ0) is 21.7. The number of H-pyrrole nitrogens is 1. The fourth-order valence-electron chi connectivity index (χ4n) is 5.04. The summed E-state index contributed by atoms with van der Waals surface area (Å²) in [6, 6.07) is 1.94. The number of nitrogens with zero attached hydrogens (tertiary/aromatic N) is 4. The maximum Gasteiger partial charge on any atom is 0.280 e. The molecule has 2 aliphatic carbocycles. The Labute approximate surface area is 180 Å². The van der Waals surface area contributed by atoms with E-state index in [2.05, 4.69) is 24.6 Å². The van der Waals surface area contributed by atoms with Gasteiger partial charge in [0.1, 0.15) is 17.8 Å². The quantitative estimate of drug-likeness (QED) is 0.700. The fraction of sp³-hybridized carbons (Fsp3) is 0.700. The van der Waals surface area contributed by atoms with E-state index in [1.54, 1.807) is 4.31 Å². The minimum absolute atomic E-state index is 0.0903. The molecular weight excluding hydrogens is 426 g/mol. The van der Waals surface area contributed by atoms with Crippen molar-refractivity contribution in [2.45, 2.75) is 56.4 Å². The van der Waals surface area contributed by atoms with Crippen LogP contribution in [0.5, 0.6) is 0 Å². The van der Waals surface area contributed by atoms with Crippen LogP contribution >= 0.6 is 0 Å². The van der Waals surface area contributed by atoms with Crippen LogP contribution in [-0.4, -0.2) is 65.3 Å². The molecule has 2 N–H and O–H groups in total. The number of hydrogen-bond acceptors (Lipinski definition) is 5. The topological polar surface area (TPSA) is 94.2 Å². The van der Waals surface area contributed by atoms with Crippen molar-refractivity contribution in [1.82, 2.24) is 24.0 Å². The second-order valence-electron chi connectivity index (χ2n) is 9.14. The van der Waals surface area contributed by atoms with Crippen molar-refractivity contribution in [1.29, 1.82) is 0 Å². The molecule has 3 fully saturated rings. The number of aromatic amines is 1. The van der Waals surface area contributed by atoms with E-state index < -0.39 is 21.7 Å². The zero-order valence-corrected chi connectivity index (χ0v) is 18.2. The van der Waals surface area contributed by atoms with Crippen LogP contribution in [0.2, 0.25) is 0 Å². The van der Waals surface area contributed by atoms with Crippen molar-refractivity contribution in [2.24, 2.45) is 5.92 Å². The molecule has 5 rings (SSSR count). The summed E-state index contributed by atoms with van der Waals surface area (Å²) in [4.78, 5) is 13.9. The van der Waals surface area contributed by atoms with Crippen molar-refractivity contribution in [3.8, 4) is 0 Å². The summed E-state index contributed by atoms with van der Waals surface area (Å²) in [6.45, 7) is 1.84. The molecule has 0 amide bonds. The molecule has 8 nitrogen and oxygen atoms in total. The van der Waals surface area contributed by atoms with Crippen LogP contribution in [0.1, 0.15) is 44.9 Å². The van der Waals surface area contributed by atoms with Gasteiger partial charge in [0.05, 0.1) is 10.9 Å². The van der Waals surface area contributed by atoms with Gasteiger partial charge in [0.2, 0.25) is 5.92 Å². The molecule has 0 aromatic carbocycles. The van der Waals surface area contributed by atoms with E-state index in [9.17, 15) is 17.2 Å². The SMILES string of the molecule is O=S(=O)(NCCC1CCC(F)(F)CC1)N1CCN(c2ncnc3[nH]ccc23)CC12CC2. The summed E-state index contributed by atoms with van der Waals surface area (Å²) in [5.74, 6) is -1.56. The Hall–Kier alpha value is -1.85. The average molecular weight is 455 g/mol. The first-order chi connectivity index (χ1) is 14.8. The van der Waals surface area contributed by atoms with E-state index in [4.69, 9.17) is 0 Å². The summed E-state index contributed by atoms with van der Waals surface area (Å²) in [5, 5.41) is 0.936. The van der Waals surface area contributed by atoms with Gasteiger partial charge in [-0.15, -0.1) is 0 Å². The van der Waals surface area contributed by atoms with Gasteiger partial charge in [-0.3, -0.25) is 0 Å². The van der Waals surface area contributed by atoms with Crippen molar-refractivity contribution in [3.63, 3.8) is 0 Å². The van der Waals surface area contributed by atoms with Crippen LogP contribution in [0.3, 0.4) is 0 Å². The first-order valence-corrected chi connectivity index (χ1v) is 12.4. The number of halogens is 2. The molecule has 2 saturated carbocycles. The molecule has 0 atom stereocenters. The number of hydrogen-bond donors (Lipinski definition) is 2. The van der Waals surface area contributed by atoms with Crippen molar-refractivity contribution >= 4 is 27.1 Å². The number of nitrogens with one attached hydrogen (secondary N) is 2. The fourth-order valence-corrected chi connectivity index (χ4v) is 6.64. The summed E-state index contributed by atoms with van der Waals surface area (Å²) in [7, 11) is -3.62. The maximum absolute atomic E-state index is 13.3. The zero-order valence-electron chi connectivity index (χ0n) is 17.4. The van der Waals surface area contributed by atoms with Crippen LogP contribution in [0.4, 0.5) is 14.6 Å². The van der Waals surface area contributed by atoms with Crippen LogP contribution in [-0.2, 0) is 10.2 Å². The molecule has 3 aliphatic rings. The molecular formula is C20H28F2N6O2S. The number of aromatic nitrogens is 3. The molecule has 31 heavy (non-hydrogen) atoms. The smallest absolute Gasteiger partial charge is 0.280 e. The largest absolute Gasteiger partial charge is 0.353 e. The van der Waals surface area contributed by atoms with Crippen LogP contribution in [0.25, 0.3) is 11.0 Å². The van der Waals surface area contributed by atoms with Crippen LogP contribution in [0.15, 0.2) is 18.6 Å². The third kappa shape index (κ3) is 4.14. The standard InChI is InChI=1S/C20H28F2N6O2S/c21-20(22)5-1-15(2-6-20)3-10-26-31(29,30)28-12-11-27(13-19(28)7-8-19)18-16-4-9-23-17(16)24-14-25-18/h4,9,14-15,26H,1-3,5-8,10-13H2,(H,23,24,25). The molecule has 2 aromatic heterocycles. The van der Waals surface area contributed by atoms with Gasteiger partial charge in [-0.25, -0.2) is 23.5 Å². The first-order valence-electron chi connectivity index (χ1n) is 11.0. The Morgan fingerprint density at radius 2 is 1.94 bits per heavy atom. The molecule has 170 valence electrons. The van der Waals surface area contributed by atoms with Crippen molar-refractivity contribution in [3.05, 3.63) is 18.6 Å². The molecule has 1 spiro atoms. The predicted octanol–water partition coefficient (Wildman–Crippen LogP) is 2.66. The minimum atomic E-state index is -3.62. The van der Waals surface area contributed by atoms with Crippen LogP contribution in [0, 0.1) is 5.92 Å². The van der Waals surface area contributed by atoms with E-state index in [1.165, 1.54) is 6.33 Å². The predicted molar refractivity (Wildman–Crippen MR) is 113 cm³/mol. The van der Waals surface area contributed by atoms with E-state index >= 15 is 0 Å². The van der Waals surface area contributed by atoms with E-state index in [1.807, 2.05) is 12.3 Å². The van der Waals surface area contributed by atoms with Gasteiger partial charge in [0.25, 0.3) is 10.2 Å². The molecule has 0 bridgehead atoms. The Bertz CT molecular complexity index is 1040. The van der Waals surface area contributed by atoms with E-state index in [-0.39, 0.29) is 18.8 Å². The highest BCUT2D eigenvalue weighted by atomic mass is 32.2. The second-order valence-corrected chi connectivity index (χ2v) is 10.8. The highest BCUT2D eigenvalue weighted by Gasteiger charge is 2.56. The monoisotopic (exact) mass is 454 g/mol. The van der Waals surface area contributed by atoms with Gasteiger partial charge in [-0.2, -0.15) is 12.7 Å². The normalized spacial score (nSPS) is 24.1. The van der Waals surface area contributed by atoms with Crippen molar-refractivity contribution < 1.29 is 17.2 Å². The third-order valence-electron chi connectivity index (χ3n) is 7.01. The van der Waals surface area contributed by atoms with Crippen LogP contribution < -0.4 is 9.62 Å². The highest BCUT2D eigenvalue weighted by molar-refractivity contribution is 7.87.